The van der Waals surface area contributed by atoms with Gasteiger partial charge in [-0.25, -0.2) is 8.42 Å². The van der Waals surface area contributed by atoms with E-state index in [1.54, 1.807) is 17.0 Å². The van der Waals surface area contributed by atoms with Gasteiger partial charge in [0.15, 0.2) is 0 Å². The summed E-state index contributed by atoms with van der Waals surface area (Å²) in [5.41, 5.74) is 3.11. The van der Waals surface area contributed by atoms with Crippen molar-refractivity contribution >= 4 is 43.5 Å². The zero-order chi connectivity index (χ0) is 31.9. The van der Waals surface area contributed by atoms with Crippen LogP contribution in [0.15, 0.2) is 83.3 Å². The van der Waals surface area contributed by atoms with Crippen LogP contribution in [0.25, 0.3) is 0 Å². The molecule has 1 fully saturated rings. The van der Waals surface area contributed by atoms with E-state index >= 15 is 0 Å². The molecule has 9 heteroatoms. The smallest absolute Gasteiger partial charge is 0.244 e. The molecule has 2 amide bonds. The second-order valence-electron chi connectivity index (χ2n) is 12.8. The molecule has 0 heterocycles. The Balaban J connectivity index is 1.71. The molecule has 1 aliphatic rings. The molecule has 0 bridgehead atoms. The van der Waals surface area contributed by atoms with Gasteiger partial charge >= 0.3 is 0 Å². The van der Waals surface area contributed by atoms with E-state index in [2.05, 4.69) is 42.0 Å². The number of hydrogen-bond donors (Lipinski definition) is 1. The minimum absolute atomic E-state index is 0.0630. The number of nitrogens with zero attached hydrogens (tertiary/aromatic N) is 2. The van der Waals surface area contributed by atoms with Crippen LogP contribution in [0.2, 0.25) is 0 Å². The van der Waals surface area contributed by atoms with Gasteiger partial charge in [-0.1, -0.05) is 111 Å². The molecule has 0 spiro atoms. The second kappa shape index (κ2) is 14.7. The molecule has 4 rings (SSSR count). The zero-order valence-corrected chi connectivity index (χ0v) is 28.5. The molecule has 1 saturated carbocycles. The minimum atomic E-state index is -3.82. The molecule has 1 N–H and O–H groups in total. The average Bonchev–Trinajstić information content (AvgIpc) is 2.98. The number of carbonyl (C=O) groups excluding carboxylic acids is 2. The van der Waals surface area contributed by atoms with Crippen LogP contribution in [0.3, 0.4) is 0 Å². The number of amides is 2. The molecule has 0 saturated heterocycles. The Kier molecular flexibility index (Phi) is 11.3. The fourth-order valence-electron chi connectivity index (χ4n) is 5.63. The molecule has 1 atom stereocenters. The molecule has 3 aromatic rings. The van der Waals surface area contributed by atoms with Crippen LogP contribution in [0.1, 0.15) is 69.6 Å². The van der Waals surface area contributed by atoms with Gasteiger partial charge in [0.25, 0.3) is 0 Å². The monoisotopic (exact) mass is 681 g/mol. The number of nitrogens with one attached hydrogen (secondary N) is 1. The highest BCUT2D eigenvalue weighted by atomic mass is 79.9. The molecule has 0 unspecified atom stereocenters. The highest BCUT2D eigenvalue weighted by Gasteiger charge is 2.34. The summed E-state index contributed by atoms with van der Waals surface area (Å²) in [7, 11) is -3.82. The predicted octanol–water partition coefficient (Wildman–Crippen LogP) is 6.60. The van der Waals surface area contributed by atoms with E-state index in [1.165, 1.54) is 0 Å². The SMILES string of the molecule is CC(C)(C)c1ccc(N(CC(=O)N(Cc2ccc(Br)cc2)[C@@H](Cc2ccccc2)C(=O)NC2CCCCC2)S(C)(=O)=O)cc1. The van der Waals surface area contributed by atoms with Crippen LogP contribution in [-0.4, -0.2) is 50.0 Å². The average molecular weight is 683 g/mol. The molecule has 0 radical (unpaired) electrons. The number of halogens is 1. The Bertz CT molecular complexity index is 1500. The van der Waals surface area contributed by atoms with Crippen molar-refractivity contribution in [1.29, 1.82) is 0 Å². The van der Waals surface area contributed by atoms with Crippen molar-refractivity contribution in [1.82, 2.24) is 10.2 Å². The van der Waals surface area contributed by atoms with Gasteiger partial charge in [-0.05, 0) is 59.2 Å². The minimum Gasteiger partial charge on any atom is -0.352 e. The highest BCUT2D eigenvalue weighted by molar-refractivity contribution is 9.10. The Hall–Kier alpha value is -3.17. The topological polar surface area (TPSA) is 86.8 Å². The predicted molar refractivity (Wildman–Crippen MR) is 181 cm³/mol. The van der Waals surface area contributed by atoms with E-state index < -0.39 is 28.5 Å². The van der Waals surface area contributed by atoms with E-state index in [-0.39, 0.29) is 23.9 Å². The molecule has 0 aliphatic heterocycles. The molecular formula is C35H44BrN3O4S. The third-order valence-electron chi connectivity index (χ3n) is 8.19. The molecule has 7 nitrogen and oxygen atoms in total. The fraction of sp³-hybridized carbons (Fsp3) is 0.429. The van der Waals surface area contributed by atoms with Crippen LogP contribution >= 0.6 is 15.9 Å². The first-order valence-corrected chi connectivity index (χ1v) is 17.9. The molecule has 44 heavy (non-hydrogen) atoms. The van der Waals surface area contributed by atoms with Crippen molar-refractivity contribution in [2.75, 3.05) is 17.1 Å². The van der Waals surface area contributed by atoms with E-state index in [0.29, 0.717) is 12.1 Å². The Labute approximate surface area is 271 Å². The van der Waals surface area contributed by atoms with E-state index in [4.69, 9.17) is 0 Å². The van der Waals surface area contributed by atoms with Crippen molar-refractivity contribution in [3.05, 3.63) is 100 Å². The lowest BCUT2D eigenvalue weighted by Gasteiger charge is -2.35. The zero-order valence-electron chi connectivity index (χ0n) is 26.1. The first kappa shape index (κ1) is 33.7. The van der Waals surface area contributed by atoms with E-state index in [0.717, 1.165) is 63.8 Å². The standard InChI is InChI=1S/C35H44BrN3O4S/c1-35(2,3)28-17-21-31(22-18-28)39(44(4,42)43)25-33(40)38(24-27-15-19-29(36)20-16-27)32(23-26-11-7-5-8-12-26)34(41)37-30-13-9-6-10-14-30/h5,7-8,11-12,15-22,30,32H,6,9-10,13-14,23-25H2,1-4H3,(H,37,41)/t32-/m0/s1. The molecule has 236 valence electrons. The summed E-state index contributed by atoms with van der Waals surface area (Å²) in [4.78, 5) is 29.9. The van der Waals surface area contributed by atoms with Crippen molar-refractivity contribution < 1.29 is 18.0 Å². The summed E-state index contributed by atoms with van der Waals surface area (Å²) < 4.78 is 28.2. The summed E-state index contributed by atoms with van der Waals surface area (Å²) in [5, 5.41) is 3.23. The van der Waals surface area contributed by atoms with Crippen LogP contribution in [-0.2, 0) is 38.0 Å². The van der Waals surface area contributed by atoms with Gasteiger partial charge in [0.1, 0.15) is 12.6 Å². The van der Waals surface area contributed by atoms with Gasteiger partial charge in [-0.2, -0.15) is 0 Å². The Morgan fingerprint density at radius 3 is 2.07 bits per heavy atom. The fourth-order valence-corrected chi connectivity index (χ4v) is 6.74. The number of rotatable bonds is 11. The molecule has 1 aliphatic carbocycles. The quantitative estimate of drug-likeness (QED) is 0.247. The summed E-state index contributed by atoms with van der Waals surface area (Å²) >= 11 is 3.47. The third kappa shape index (κ3) is 9.41. The van der Waals surface area contributed by atoms with Gasteiger partial charge < -0.3 is 10.2 Å². The highest BCUT2D eigenvalue weighted by Crippen LogP contribution is 2.27. The number of benzene rings is 3. The number of sulfonamides is 1. The van der Waals surface area contributed by atoms with Gasteiger partial charge in [0.05, 0.1) is 11.9 Å². The van der Waals surface area contributed by atoms with Crippen LogP contribution in [0.5, 0.6) is 0 Å². The summed E-state index contributed by atoms with van der Waals surface area (Å²) in [6, 6.07) is 23.7. The van der Waals surface area contributed by atoms with Gasteiger partial charge in [0.2, 0.25) is 21.8 Å². The number of anilines is 1. The van der Waals surface area contributed by atoms with Gasteiger partial charge in [-0.15, -0.1) is 0 Å². The lowest BCUT2D eigenvalue weighted by Crippen LogP contribution is -2.55. The van der Waals surface area contributed by atoms with Crippen molar-refractivity contribution in [3.8, 4) is 0 Å². The van der Waals surface area contributed by atoms with Crippen molar-refractivity contribution in [3.63, 3.8) is 0 Å². The Morgan fingerprint density at radius 2 is 1.50 bits per heavy atom. The van der Waals surface area contributed by atoms with Crippen LogP contribution < -0.4 is 9.62 Å². The molecule has 3 aromatic carbocycles. The molecular weight excluding hydrogens is 638 g/mol. The normalized spacial score (nSPS) is 14.9. The van der Waals surface area contributed by atoms with Crippen molar-refractivity contribution in [2.45, 2.75) is 83.3 Å². The van der Waals surface area contributed by atoms with Crippen LogP contribution in [0, 0.1) is 0 Å². The van der Waals surface area contributed by atoms with Gasteiger partial charge in [-0.3, -0.25) is 13.9 Å². The third-order valence-corrected chi connectivity index (χ3v) is 9.86. The first-order valence-electron chi connectivity index (χ1n) is 15.3. The van der Waals surface area contributed by atoms with Crippen LogP contribution in [0.4, 0.5) is 5.69 Å². The number of carbonyl (C=O) groups is 2. The van der Waals surface area contributed by atoms with Gasteiger partial charge in [0, 0.05) is 23.5 Å². The maximum Gasteiger partial charge on any atom is 0.244 e. The molecule has 0 aromatic heterocycles. The number of hydrogen-bond acceptors (Lipinski definition) is 4. The lowest BCUT2D eigenvalue weighted by molar-refractivity contribution is -0.140. The first-order chi connectivity index (χ1) is 20.8. The summed E-state index contributed by atoms with van der Waals surface area (Å²) in [6.45, 7) is 6.00. The van der Waals surface area contributed by atoms with E-state index in [1.807, 2.05) is 66.7 Å². The largest absolute Gasteiger partial charge is 0.352 e. The summed E-state index contributed by atoms with van der Waals surface area (Å²) in [5.74, 6) is -0.662. The van der Waals surface area contributed by atoms with E-state index in [9.17, 15) is 18.0 Å². The second-order valence-corrected chi connectivity index (χ2v) is 15.6. The van der Waals surface area contributed by atoms with Crippen molar-refractivity contribution in [2.24, 2.45) is 0 Å². The maximum absolute atomic E-state index is 14.3. The lowest BCUT2D eigenvalue weighted by atomic mass is 9.87. The summed E-state index contributed by atoms with van der Waals surface area (Å²) in [6.07, 6.45) is 6.52. The maximum atomic E-state index is 14.3. The Morgan fingerprint density at radius 1 is 0.886 bits per heavy atom.